The third-order valence-electron chi connectivity index (χ3n) is 4.92. The molecule has 0 aromatic carbocycles. The van der Waals surface area contributed by atoms with E-state index in [0.717, 1.165) is 5.69 Å². The van der Waals surface area contributed by atoms with Crippen LogP contribution in [-0.2, 0) is 11.3 Å². The fraction of sp³-hybridized carbons (Fsp3) is 0.368. The quantitative estimate of drug-likeness (QED) is 0.607. The Morgan fingerprint density at radius 3 is 2.69 bits per heavy atom. The molecule has 0 saturated carbocycles. The van der Waals surface area contributed by atoms with Crippen LogP contribution in [0.4, 0.5) is 0 Å². The monoisotopic (exact) mass is 431 g/mol. The number of rotatable bonds is 5. The number of carbonyl (C=O) groups excluding carboxylic acids is 2. The summed E-state index contributed by atoms with van der Waals surface area (Å²) in [5.41, 5.74) is 0.678. The van der Waals surface area contributed by atoms with Crippen molar-refractivity contribution >= 4 is 39.4 Å². The summed E-state index contributed by atoms with van der Waals surface area (Å²) in [6.45, 7) is 3.27. The molecule has 1 aliphatic rings. The second-order valence-corrected chi connectivity index (χ2v) is 8.76. The van der Waals surface area contributed by atoms with Crippen LogP contribution in [0.1, 0.15) is 15.4 Å². The number of thiazole rings is 1. The smallest absolute Gasteiger partial charge is 0.264 e. The Morgan fingerprint density at radius 1 is 1.17 bits per heavy atom. The Kier molecular flexibility index (Phi) is 5.74. The molecule has 4 heterocycles. The maximum atomic E-state index is 12.6. The van der Waals surface area contributed by atoms with E-state index in [9.17, 15) is 14.4 Å². The number of hydrogen-bond donors (Lipinski definition) is 0. The van der Waals surface area contributed by atoms with E-state index >= 15 is 0 Å². The zero-order valence-electron chi connectivity index (χ0n) is 16.0. The van der Waals surface area contributed by atoms with E-state index in [2.05, 4.69) is 9.88 Å². The van der Waals surface area contributed by atoms with E-state index < -0.39 is 0 Å². The first-order valence-corrected chi connectivity index (χ1v) is 11.0. The molecule has 0 N–H and O–H groups in total. The Balaban J connectivity index is 1.30. The fourth-order valence-electron chi connectivity index (χ4n) is 3.32. The topological polar surface area (TPSA) is 78.2 Å². The molecule has 2 amide bonds. The van der Waals surface area contributed by atoms with Crippen molar-refractivity contribution in [3.05, 3.63) is 56.1 Å². The number of hydrogen-bond acceptors (Lipinski definition) is 7. The molecule has 0 radical (unpaired) electrons. The van der Waals surface area contributed by atoms with Gasteiger partial charge in [-0.3, -0.25) is 23.7 Å². The van der Waals surface area contributed by atoms with Crippen molar-refractivity contribution in [3.63, 3.8) is 0 Å². The van der Waals surface area contributed by atoms with Gasteiger partial charge in [0, 0.05) is 57.4 Å². The lowest BCUT2D eigenvalue weighted by Crippen LogP contribution is -2.51. The number of aromatic nitrogens is 2. The molecule has 3 aromatic rings. The number of amides is 2. The summed E-state index contributed by atoms with van der Waals surface area (Å²) in [4.78, 5) is 48.3. The van der Waals surface area contributed by atoms with Crippen molar-refractivity contribution in [1.29, 1.82) is 0 Å². The Morgan fingerprint density at radius 2 is 1.97 bits per heavy atom. The van der Waals surface area contributed by atoms with Gasteiger partial charge in [0.1, 0.15) is 0 Å². The van der Waals surface area contributed by atoms with Crippen molar-refractivity contribution in [2.75, 3.05) is 39.8 Å². The number of fused-ring (bicyclic) bond motifs is 1. The minimum absolute atomic E-state index is 0.0477. The van der Waals surface area contributed by atoms with Crippen LogP contribution in [0.3, 0.4) is 0 Å². The molecule has 3 aromatic heterocycles. The van der Waals surface area contributed by atoms with Crippen LogP contribution in [0.5, 0.6) is 0 Å². The van der Waals surface area contributed by atoms with Gasteiger partial charge in [-0.1, -0.05) is 6.07 Å². The van der Waals surface area contributed by atoms with Gasteiger partial charge < -0.3 is 9.80 Å². The molecule has 0 unspecified atom stereocenters. The van der Waals surface area contributed by atoms with E-state index in [1.54, 1.807) is 34.7 Å². The molecular weight excluding hydrogens is 410 g/mol. The van der Waals surface area contributed by atoms with Crippen molar-refractivity contribution in [1.82, 2.24) is 24.1 Å². The van der Waals surface area contributed by atoms with Gasteiger partial charge in [0.05, 0.1) is 17.1 Å². The van der Waals surface area contributed by atoms with Crippen LogP contribution in [0, 0.1) is 0 Å². The van der Waals surface area contributed by atoms with Gasteiger partial charge in [-0.2, -0.15) is 0 Å². The van der Waals surface area contributed by atoms with E-state index in [1.807, 2.05) is 16.8 Å². The molecule has 8 nitrogen and oxygen atoms in total. The molecule has 0 spiro atoms. The predicted octanol–water partition coefficient (Wildman–Crippen LogP) is 1.23. The number of carbonyl (C=O) groups is 2. The van der Waals surface area contributed by atoms with Gasteiger partial charge in [-0.05, 0) is 11.4 Å². The van der Waals surface area contributed by atoms with Gasteiger partial charge in [0.15, 0.2) is 4.96 Å². The van der Waals surface area contributed by atoms with Crippen LogP contribution >= 0.6 is 22.7 Å². The summed E-state index contributed by atoms with van der Waals surface area (Å²) in [6, 6.07) is 5.16. The highest BCUT2D eigenvalue weighted by Gasteiger charge is 2.24. The summed E-state index contributed by atoms with van der Waals surface area (Å²) in [5, 5.41) is 3.69. The largest absolute Gasteiger partial charge is 0.339 e. The summed E-state index contributed by atoms with van der Waals surface area (Å²) < 4.78 is 1.54. The minimum Gasteiger partial charge on any atom is -0.339 e. The lowest BCUT2D eigenvalue weighted by atomic mass is 10.2. The van der Waals surface area contributed by atoms with Crippen molar-refractivity contribution in [3.8, 4) is 0 Å². The number of likely N-dealkylation sites (N-methyl/N-ethyl adjacent to an activating group) is 1. The molecule has 0 atom stereocenters. The van der Waals surface area contributed by atoms with Gasteiger partial charge >= 0.3 is 0 Å². The molecule has 0 aliphatic carbocycles. The van der Waals surface area contributed by atoms with Crippen LogP contribution in [-0.4, -0.2) is 75.7 Å². The van der Waals surface area contributed by atoms with Gasteiger partial charge in [-0.25, -0.2) is 4.98 Å². The maximum Gasteiger partial charge on any atom is 0.264 e. The van der Waals surface area contributed by atoms with E-state index in [0.29, 0.717) is 42.6 Å². The molecule has 1 fully saturated rings. The van der Waals surface area contributed by atoms with E-state index in [4.69, 9.17) is 0 Å². The number of piperazine rings is 1. The summed E-state index contributed by atoms with van der Waals surface area (Å²) in [6.07, 6.45) is 1.73. The molecular formula is C19H21N5O3S2. The summed E-state index contributed by atoms with van der Waals surface area (Å²) >= 11 is 2.81. The first-order chi connectivity index (χ1) is 14.0. The standard InChI is InChI=1S/C19H21N5O3S2/c1-21(18(27)15-3-2-9-28-15)13-17(26)23-6-4-22(5-7-23)12-14-11-16(25)24-8-10-29-19(24)20-14/h2-3,8-11H,4-7,12-13H2,1H3. The van der Waals surface area contributed by atoms with E-state index in [1.165, 1.54) is 27.6 Å². The minimum atomic E-state index is -0.131. The first kappa shape index (κ1) is 19.7. The molecule has 29 heavy (non-hydrogen) atoms. The van der Waals surface area contributed by atoms with Gasteiger partial charge in [0.25, 0.3) is 11.5 Å². The zero-order chi connectivity index (χ0) is 20.4. The van der Waals surface area contributed by atoms with Gasteiger partial charge in [-0.15, -0.1) is 22.7 Å². The second kappa shape index (κ2) is 8.44. The Labute approximate surface area is 175 Å². The summed E-state index contributed by atoms with van der Waals surface area (Å²) in [7, 11) is 1.65. The second-order valence-electron chi connectivity index (χ2n) is 6.94. The van der Waals surface area contributed by atoms with Gasteiger partial charge in [0.2, 0.25) is 5.91 Å². The predicted molar refractivity (Wildman–Crippen MR) is 112 cm³/mol. The average Bonchev–Trinajstić information content (AvgIpc) is 3.40. The first-order valence-electron chi connectivity index (χ1n) is 9.26. The Hall–Kier alpha value is -2.56. The fourth-order valence-corrected chi connectivity index (χ4v) is 4.77. The number of thiophene rings is 1. The van der Waals surface area contributed by atoms with Crippen LogP contribution in [0.15, 0.2) is 40.0 Å². The molecule has 152 valence electrons. The van der Waals surface area contributed by atoms with Crippen LogP contribution < -0.4 is 5.56 Å². The van der Waals surface area contributed by atoms with Crippen molar-refractivity contribution in [2.24, 2.45) is 0 Å². The Bertz CT molecular complexity index is 1070. The van der Waals surface area contributed by atoms with E-state index in [-0.39, 0.29) is 23.9 Å². The van der Waals surface area contributed by atoms with Crippen LogP contribution in [0.2, 0.25) is 0 Å². The molecule has 1 aliphatic heterocycles. The highest BCUT2D eigenvalue weighted by atomic mass is 32.1. The molecule has 1 saturated heterocycles. The SMILES string of the molecule is CN(CC(=O)N1CCN(Cc2cc(=O)n3ccsc3n2)CC1)C(=O)c1cccs1. The third-order valence-corrected chi connectivity index (χ3v) is 6.53. The molecule has 10 heteroatoms. The normalized spacial score (nSPS) is 15.0. The average molecular weight is 432 g/mol. The molecule has 0 bridgehead atoms. The zero-order valence-corrected chi connectivity index (χ0v) is 17.6. The maximum absolute atomic E-state index is 12.6. The van der Waals surface area contributed by atoms with Crippen molar-refractivity contribution < 1.29 is 9.59 Å². The summed E-state index contributed by atoms with van der Waals surface area (Å²) in [5.74, 6) is -0.179. The highest BCUT2D eigenvalue weighted by molar-refractivity contribution is 7.15. The molecule has 4 rings (SSSR count). The number of nitrogens with zero attached hydrogens (tertiary/aromatic N) is 5. The lowest BCUT2D eigenvalue weighted by Gasteiger charge is -2.35. The van der Waals surface area contributed by atoms with Crippen LogP contribution in [0.25, 0.3) is 4.96 Å². The third kappa shape index (κ3) is 4.39. The van der Waals surface area contributed by atoms with Crippen molar-refractivity contribution in [2.45, 2.75) is 6.54 Å². The highest BCUT2D eigenvalue weighted by Crippen LogP contribution is 2.13. The lowest BCUT2D eigenvalue weighted by molar-refractivity contribution is -0.133.